The number of aliphatic carboxylic acids is 1. The molecule has 2 aromatic carbocycles. The number of carbonyl (C=O) groups is 1. The number of para-hydroxylation sites is 1. The third kappa shape index (κ3) is 5.27. The highest BCUT2D eigenvalue weighted by atomic mass is 35.5. The Bertz CT molecular complexity index is 1230. The van der Waals surface area contributed by atoms with Crippen LogP contribution in [0.5, 0.6) is 5.75 Å². The maximum Gasteiger partial charge on any atom is 0.303 e. The summed E-state index contributed by atoms with van der Waals surface area (Å²) in [6, 6.07) is 11.7. The lowest BCUT2D eigenvalue weighted by Gasteiger charge is -2.36. The molecule has 3 aromatic rings. The number of rotatable bonds is 7. The first kappa shape index (κ1) is 23.0. The SMILES string of the molecule is O=C(O)CCC=CC[C@@H]1CO[C@H](c2coc3ccc(Cl)cc3c2=O)O[C@@H]1c1ccccc1O. The van der Waals surface area contributed by atoms with Crippen LogP contribution in [0.15, 0.2) is 70.1 Å². The Hall–Kier alpha value is -3.13. The van der Waals surface area contributed by atoms with Gasteiger partial charge in [-0.3, -0.25) is 9.59 Å². The molecule has 1 saturated heterocycles. The average molecular weight is 471 g/mol. The molecule has 33 heavy (non-hydrogen) atoms. The molecular formula is C25H23ClO7. The van der Waals surface area contributed by atoms with Crippen molar-refractivity contribution in [1.82, 2.24) is 0 Å². The lowest BCUT2D eigenvalue weighted by molar-refractivity contribution is -0.244. The van der Waals surface area contributed by atoms with Crippen molar-refractivity contribution in [2.75, 3.05) is 6.61 Å². The van der Waals surface area contributed by atoms with E-state index in [-0.39, 0.29) is 35.7 Å². The van der Waals surface area contributed by atoms with Gasteiger partial charge in [-0.15, -0.1) is 0 Å². The van der Waals surface area contributed by atoms with E-state index in [1.807, 2.05) is 12.2 Å². The van der Waals surface area contributed by atoms with Crippen LogP contribution in [0.4, 0.5) is 0 Å². The molecule has 0 unspecified atom stereocenters. The summed E-state index contributed by atoms with van der Waals surface area (Å²) in [5, 5.41) is 20.0. The number of ether oxygens (including phenoxy) is 2. The first-order valence-corrected chi connectivity index (χ1v) is 10.9. The van der Waals surface area contributed by atoms with Crippen molar-refractivity contribution in [2.45, 2.75) is 31.7 Å². The van der Waals surface area contributed by atoms with Gasteiger partial charge >= 0.3 is 5.97 Å². The number of phenols is 1. The summed E-state index contributed by atoms with van der Waals surface area (Å²) >= 11 is 6.05. The fraction of sp³-hybridized carbons (Fsp3) is 0.280. The minimum absolute atomic E-state index is 0.0564. The van der Waals surface area contributed by atoms with Crippen LogP contribution in [0.25, 0.3) is 11.0 Å². The van der Waals surface area contributed by atoms with Gasteiger partial charge in [-0.1, -0.05) is 42.0 Å². The number of benzene rings is 2. The van der Waals surface area contributed by atoms with Crippen molar-refractivity contribution in [1.29, 1.82) is 0 Å². The van der Waals surface area contributed by atoms with Crippen molar-refractivity contribution >= 4 is 28.5 Å². The number of carboxylic acids is 1. The van der Waals surface area contributed by atoms with Crippen LogP contribution in [0.1, 0.15) is 42.8 Å². The summed E-state index contributed by atoms with van der Waals surface area (Å²) in [7, 11) is 0. The highest BCUT2D eigenvalue weighted by Gasteiger charge is 2.36. The largest absolute Gasteiger partial charge is 0.508 e. The van der Waals surface area contributed by atoms with Crippen LogP contribution < -0.4 is 5.43 Å². The van der Waals surface area contributed by atoms with Gasteiger partial charge in [0, 0.05) is 22.9 Å². The Labute approximate surface area is 194 Å². The van der Waals surface area contributed by atoms with E-state index >= 15 is 0 Å². The Morgan fingerprint density at radius 1 is 1.15 bits per heavy atom. The zero-order valence-electron chi connectivity index (χ0n) is 17.6. The molecule has 0 radical (unpaired) electrons. The summed E-state index contributed by atoms with van der Waals surface area (Å²) in [5.74, 6) is -0.924. The highest BCUT2D eigenvalue weighted by molar-refractivity contribution is 6.31. The fourth-order valence-electron chi connectivity index (χ4n) is 3.87. The van der Waals surface area contributed by atoms with Gasteiger partial charge < -0.3 is 24.1 Å². The molecule has 0 bridgehead atoms. The zero-order chi connectivity index (χ0) is 23.4. The molecule has 0 spiro atoms. The van der Waals surface area contributed by atoms with Crippen LogP contribution in [-0.4, -0.2) is 22.8 Å². The summed E-state index contributed by atoms with van der Waals surface area (Å²) in [6.07, 6.45) is 4.52. The number of carboxylic acid groups (broad SMARTS) is 1. The van der Waals surface area contributed by atoms with Crippen molar-refractivity contribution in [3.05, 3.63) is 87.3 Å². The number of phenolic OH excluding ortho intramolecular Hbond substituents is 1. The average Bonchev–Trinajstić information content (AvgIpc) is 2.80. The van der Waals surface area contributed by atoms with Gasteiger partial charge in [0.1, 0.15) is 17.6 Å². The lowest BCUT2D eigenvalue weighted by Crippen LogP contribution is -2.32. The van der Waals surface area contributed by atoms with Gasteiger partial charge in [-0.25, -0.2) is 0 Å². The molecule has 0 amide bonds. The first-order chi connectivity index (χ1) is 15.9. The molecule has 1 aromatic heterocycles. The van der Waals surface area contributed by atoms with E-state index < -0.39 is 18.4 Å². The van der Waals surface area contributed by atoms with Gasteiger partial charge in [0.05, 0.1) is 23.7 Å². The van der Waals surface area contributed by atoms with E-state index in [9.17, 15) is 14.7 Å². The first-order valence-electron chi connectivity index (χ1n) is 10.6. The lowest BCUT2D eigenvalue weighted by atomic mass is 9.91. The second-order valence-corrected chi connectivity index (χ2v) is 8.28. The van der Waals surface area contributed by atoms with E-state index in [0.29, 0.717) is 34.4 Å². The zero-order valence-corrected chi connectivity index (χ0v) is 18.4. The minimum Gasteiger partial charge on any atom is -0.508 e. The standard InChI is InChI=1S/C25H23ClO7/c26-16-10-11-21-18(12-16)23(30)19(14-31-21)25-32-13-15(6-2-1-3-9-22(28)29)24(33-25)17-7-4-5-8-20(17)27/h1-2,4-5,7-8,10-12,14-15,24-25,27H,3,6,9,13H2,(H,28,29)/t15-,24+,25+/m1/s1. The molecule has 172 valence electrons. The monoisotopic (exact) mass is 470 g/mol. The fourth-order valence-corrected chi connectivity index (χ4v) is 4.04. The van der Waals surface area contributed by atoms with Crippen LogP contribution in [0, 0.1) is 5.92 Å². The molecule has 0 aliphatic carbocycles. The molecule has 1 fully saturated rings. The van der Waals surface area contributed by atoms with Crippen molar-refractivity contribution < 1.29 is 28.9 Å². The van der Waals surface area contributed by atoms with E-state index in [1.165, 1.54) is 6.26 Å². The van der Waals surface area contributed by atoms with Gasteiger partial charge in [0.2, 0.25) is 5.43 Å². The number of aromatic hydroxyl groups is 1. The Morgan fingerprint density at radius 3 is 2.76 bits per heavy atom. The van der Waals surface area contributed by atoms with E-state index in [0.717, 1.165) is 0 Å². The molecule has 7 nitrogen and oxygen atoms in total. The molecule has 1 aliphatic heterocycles. The molecular weight excluding hydrogens is 448 g/mol. The summed E-state index contributed by atoms with van der Waals surface area (Å²) in [5.41, 5.74) is 0.904. The normalized spacial score (nSPS) is 20.9. The van der Waals surface area contributed by atoms with Crippen LogP contribution in [-0.2, 0) is 14.3 Å². The van der Waals surface area contributed by atoms with Crippen LogP contribution in [0.2, 0.25) is 5.02 Å². The number of hydrogen-bond donors (Lipinski definition) is 2. The predicted molar refractivity (Wildman–Crippen MR) is 122 cm³/mol. The Kier molecular flexibility index (Phi) is 7.13. The third-order valence-corrected chi connectivity index (χ3v) is 5.78. The molecule has 8 heteroatoms. The topological polar surface area (TPSA) is 106 Å². The minimum atomic E-state index is -0.985. The quantitative estimate of drug-likeness (QED) is 0.447. The van der Waals surface area contributed by atoms with Crippen molar-refractivity contribution in [3.63, 3.8) is 0 Å². The Balaban J connectivity index is 1.61. The summed E-state index contributed by atoms with van der Waals surface area (Å²) < 4.78 is 17.7. The molecule has 1 aliphatic rings. The summed E-state index contributed by atoms with van der Waals surface area (Å²) in [4.78, 5) is 23.8. The second-order valence-electron chi connectivity index (χ2n) is 7.84. The maximum atomic E-state index is 13.1. The van der Waals surface area contributed by atoms with Crippen LogP contribution in [0.3, 0.4) is 0 Å². The van der Waals surface area contributed by atoms with Gasteiger partial charge in [-0.05, 0) is 37.1 Å². The van der Waals surface area contributed by atoms with Crippen molar-refractivity contribution in [3.8, 4) is 5.75 Å². The van der Waals surface area contributed by atoms with Gasteiger partial charge in [0.15, 0.2) is 6.29 Å². The van der Waals surface area contributed by atoms with E-state index in [4.69, 9.17) is 30.6 Å². The molecule has 4 rings (SSSR count). The van der Waals surface area contributed by atoms with E-state index in [2.05, 4.69) is 0 Å². The number of hydrogen-bond acceptors (Lipinski definition) is 6. The smallest absolute Gasteiger partial charge is 0.303 e. The van der Waals surface area contributed by atoms with E-state index in [1.54, 1.807) is 42.5 Å². The van der Waals surface area contributed by atoms with Crippen molar-refractivity contribution in [2.24, 2.45) is 5.92 Å². The van der Waals surface area contributed by atoms with Crippen LogP contribution >= 0.6 is 11.6 Å². The van der Waals surface area contributed by atoms with Gasteiger partial charge in [0.25, 0.3) is 0 Å². The molecule has 3 atom stereocenters. The third-order valence-electron chi connectivity index (χ3n) is 5.55. The molecule has 2 heterocycles. The molecule has 0 saturated carbocycles. The number of fused-ring (bicyclic) bond motifs is 1. The highest BCUT2D eigenvalue weighted by Crippen LogP contribution is 2.42. The predicted octanol–water partition coefficient (Wildman–Crippen LogP) is 5.37. The maximum absolute atomic E-state index is 13.1. The number of allylic oxidation sites excluding steroid dienone is 2. The second kappa shape index (κ2) is 10.2. The molecule has 2 N–H and O–H groups in total. The Morgan fingerprint density at radius 2 is 1.97 bits per heavy atom. The van der Waals surface area contributed by atoms with Gasteiger partial charge in [-0.2, -0.15) is 0 Å². The number of halogens is 1. The summed E-state index contributed by atoms with van der Waals surface area (Å²) in [6.45, 7) is 0.264.